The first kappa shape index (κ1) is 31.0. The van der Waals surface area contributed by atoms with Gasteiger partial charge in [0.15, 0.2) is 11.6 Å². The predicted molar refractivity (Wildman–Crippen MR) is 144 cm³/mol. The van der Waals surface area contributed by atoms with Crippen molar-refractivity contribution in [2.45, 2.75) is 51.3 Å². The highest BCUT2D eigenvalue weighted by molar-refractivity contribution is 8.11. The first-order valence-corrected chi connectivity index (χ1v) is 14.8. The number of nitrogens with one attached hydrogen (secondary N) is 3. The van der Waals surface area contributed by atoms with Crippen LogP contribution in [0.4, 0.5) is 38.0 Å². The molecule has 1 aromatic carbocycles. The van der Waals surface area contributed by atoms with Gasteiger partial charge in [0.05, 0.1) is 17.1 Å². The summed E-state index contributed by atoms with van der Waals surface area (Å²) in [6, 6.07) is 1.65. The highest BCUT2D eigenvalue weighted by Crippen LogP contribution is 2.45. The van der Waals surface area contributed by atoms with Crippen LogP contribution in [0.5, 0.6) is 5.75 Å². The Balaban J connectivity index is 1.71. The number of piperidine rings is 1. The Morgan fingerprint density at radius 2 is 2.00 bits per heavy atom. The summed E-state index contributed by atoms with van der Waals surface area (Å²) >= 11 is 1.27. The SMILES string of the molecule is CCC1C=C(C)SC(c2ccnc(N[C@@H]3CNCC(F)(F)C3)n2)=C1Oc1cc(F)c(NS(=O)(=O)C(F)F)c(F)c1C. The van der Waals surface area contributed by atoms with Crippen molar-refractivity contribution < 1.29 is 39.5 Å². The third-order valence-electron chi connectivity index (χ3n) is 6.35. The van der Waals surface area contributed by atoms with E-state index in [2.05, 4.69) is 20.6 Å². The molecule has 2 aliphatic heterocycles. The van der Waals surface area contributed by atoms with E-state index in [1.807, 2.05) is 19.9 Å². The number of aromatic nitrogens is 2. The fourth-order valence-electron chi connectivity index (χ4n) is 4.35. The molecular formula is C25H27F6N5O3S2. The molecule has 2 aromatic rings. The number of alkyl halides is 4. The van der Waals surface area contributed by atoms with E-state index in [0.717, 1.165) is 4.91 Å². The third-order valence-corrected chi connectivity index (χ3v) is 8.38. The number of sulfonamides is 1. The smallest absolute Gasteiger partial charge is 0.355 e. The second-order valence-corrected chi connectivity index (χ2v) is 12.5. The van der Waals surface area contributed by atoms with Crippen LogP contribution in [0.15, 0.2) is 35.1 Å². The third kappa shape index (κ3) is 7.09. The molecule has 16 heteroatoms. The minimum Gasteiger partial charge on any atom is -0.459 e. The summed E-state index contributed by atoms with van der Waals surface area (Å²) < 4.78 is 113. The molecule has 41 heavy (non-hydrogen) atoms. The summed E-state index contributed by atoms with van der Waals surface area (Å²) in [5, 5.41) is 5.58. The lowest BCUT2D eigenvalue weighted by atomic mass is 10.0. The van der Waals surface area contributed by atoms with Crippen molar-refractivity contribution in [3.05, 3.63) is 58.0 Å². The van der Waals surface area contributed by atoms with Crippen LogP contribution >= 0.6 is 11.8 Å². The molecule has 1 aromatic heterocycles. The van der Waals surface area contributed by atoms with Gasteiger partial charge in [-0.05, 0) is 31.2 Å². The summed E-state index contributed by atoms with van der Waals surface area (Å²) in [6.07, 6.45) is 3.45. The second-order valence-electron chi connectivity index (χ2n) is 9.57. The molecule has 2 aliphatic rings. The second kappa shape index (κ2) is 12.1. The van der Waals surface area contributed by atoms with Crippen LogP contribution in [0.25, 0.3) is 4.91 Å². The molecule has 0 spiro atoms. The van der Waals surface area contributed by atoms with E-state index >= 15 is 4.39 Å². The summed E-state index contributed by atoms with van der Waals surface area (Å²) in [6.45, 7) is 4.78. The average molecular weight is 624 g/mol. The molecule has 1 fully saturated rings. The van der Waals surface area contributed by atoms with Gasteiger partial charge in [0.1, 0.15) is 17.2 Å². The lowest BCUT2D eigenvalue weighted by Crippen LogP contribution is -2.49. The van der Waals surface area contributed by atoms with E-state index in [9.17, 15) is 30.4 Å². The Labute approximate surface area is 237 Å². The lowest BCUT2D eigenvalue weighted by molar-refractivity contribution is -0.0244. The van der Waals surface area contributed by atoms with Gasteiger partial charge in [-0.3, -0.25) is 4.72 Å². The number of rotatable bonds is 9. The maximum Gasteiger partial charge on any atom is 0.355 e. The van der Waals surface area contributed by atoms with Gasteiger partial charge < -0.3 is 15.4 Å². The van der Waals surface area contributed by atoms with Crippen LogP contribution in [0.3, 0.4) is 0 Å². The number of ether oxygens (including phenoxy) is 1. The molecule has 0 radical (unpaired) electrons. The zero-order valence-electron chi connectivity index (χ0n) is 22.1. The number of hydrogen-bond donors (Lipinski definition) is 3. The standard InChI is InChI=1S/C25H27F6N5O3S2/c1-4-14-7-12(2)40-22(17-5-6-33-24(35-17)34-15-9-25(30,31)11-32-10-15)21(14)39-18-8-16(26)20(19(27)13(18)3)36-41(37,38)23(28)29/h5-8,14-15,23,32,36H,4,9-11H2,1-3H3,(H,33,34,35)/t14?,15-/m0/s1. The molecule has 0 aliphatic carbocycles. The molecule has 4 rings (SSSR count). The van der Waals surface area contributed by atoms with Crippen LogP contribution in [0.1, 0.15) is 37.9 Å². The number of allylic oxidation sites excluding steroid dienone is 2. The molecule has 0 bridgehead atoms. The quantitative estimate of drug-likeness (QED) is 0.299. The molecule has 2 atom stereocenters. The van der Waals surface area contributed by atoms with Crippen LogP contribution < -0.4 is 20.1 Å². The minimum absolute atomic E-state index is 0.101. The van der Waals surface area contributed by atoms with Gasteiger partial charge in [0.25, 0.3) is 15.9 Å². The Hall–Kier alpha value is -2.98. The topological polar surface area (TPSA) is 105 Å². The van der Waals surface area contributed by atoms with Crippen LogP contribution in [-0.2, 0) is 10.0 Å². The van der Waals surface area contributed by atoms with Crippen LogP contribution in [-0.4, -0.2) is 49.2 Å². The number of halogens is 6. The van der Waals surface area contributed by atoms with Gasteiger partial charge in [-0.1, -0.05) is 24.8 Å². The summed E-state index contributed by atoms with van der Waals surface area (Å²) in [7, 11) is -5.33. The molecule has 1 unspecified atom stereocenters. The predicted octanol–water partition coefficient (Wildman–Crippen LogP) is 5.86. The van der Waals surface area contributed by atoms with Crippen molar-refractivity contribution in [3.63, 3.8) is 0 Å². The fourth-order valence-corrected chi connectivity index (χ4v) is 5.98. The highest BCUT2D eigenvalue weighted by Gasteiger charge is 2.37. The molecular weight excluding hydrogens is 596 g/mol. The van der Waals surface area contributed by atoms with Gasteiger partial charge in [-0.2, -0.15) is 8.78 Å². The van der Waals surface area contributed by atoms with E-state index in [4.69, 9.17) is 4.74 Å². The zero-order chi connectivity index (χ0) is 30.1. The normalized spacial score (nSPS) is 21.1. The van der Waals surface area contributed by atoms with Gasteiger partial charge in [-0.15, -0.1) is 0 Å². The highest BCUT2D eigenvalue weighted by atomic mass is 32.2. The average Bonchev–Trinajstić information content (AvgIpc) is 2.89. The van der Waals surface area contributed by atoms with Crippen molar-refractivity contribution in [3.8, 4) is 5.75 Å². The number of thioether (sulfide) groups is 1. The number of anilines is 2. The van der Waals surface area contributed by atoms with E-state index in [1.54, 1.807) is 6.07 Å². The molecule has 224 valence electrons. The Bertz CT molecular complexity index is 1490. The van der Waals surface area contributed by atoms with Crippen molar-refractivity contribution >= 4 is 38.3 Å². The molecule has 8 nitrogen and oxygen atoms in total. The van der Waals surface area contributed by atoms with Crippen LogP contribution in [0, 0.1) is 24.5 Å². The first-order chi connectivity index (χ1) is 19.2. The van der Waals surface area contributed by atoms with Crippen molar-refractivity contribution in [2.24, 2.45) is 5.92 Å². The van der Waals surface area contributed by atoms with Crippen LogP contribution in [0.2, 0.25) is 0 Å². The maximum atomic E-state index is 15.0. The number of hydrogen-bond acceptors (Lipinski definition) is 8. The Morgan fingerprint density at radius 1 is 1.27 bits per heavy atom. The Kier molecular flexibility index (Phi) is 9.13. The number of benzene rings is 1. The van der Waals surface area contributed by atoms with E-state index in [-0.39, 0.29) is 35.5 Å². The summed E-state index contributed by atoms with van der Waals surface area (Å²) in [5.74, 6) is -9.94. The molecule has 1 saturated heterocycles. The molecule has 0 amide bonds. The molecule has 0 saturated carbocycles. The molecule has 3 N–H and O–H groups in total. The van der Waals surface area contributed by atoms with E-state index < -0.39 is 58.0 Å². The van der Waals surface area contributed by atoms with Gasteiger partial charge in [0.2, 0.25) is 5.95 Å². The van der Waals surface area contributed by atoms with E-state index in [1.165, 1.54) is 29.6 Å². The lowest BCUT2D eigenvalue weighted by Gasteiger charge is -2.30. The van der Waals surface area contributed by atoms with Gasteiger partial charge in [-0.25, -0.2) is 35.9 Å². The van der Waals surface area contributed by atoms with Gasteiger partial charge in [0, 0.05) is 42.8 Å². The first-order valence-electron chi connectivity index (χ1n) is 12.5. The monoisotopic (exact) mass is 623 g/mol. The van der Waals surface area contributed by atoms with Crippen molar-refractivity contribution in [1.82, 2.24) is 15.3 Å². The maximum absolute atomic E-state index is 15.0. The van der Waals surface area contributed by atoms with Gasteiger partial charge >= 0.3 is 5.76 Å². The fraction of sp³-hybridized carbons (Fsp3) is 0.440. The molecule has 3 heterocycles. The summed E-state index contributed by atoms with van der Waals surface area (Å²) in [5.41, 5.74) is -1.21. The van der Waals surface area contributed by atoms with Crippen molar-refractivity contribution in [2.75, 3.05) is 23.1 Å². The number of nitrogens with zero attached hydrogens (tertiary/aromatic N) is 2. The van der Waals surface area contributed by atoms with E-state index in [0.29, 0.717) is 23.1 Å². The summed E-state index contributed by atoms with van der Waals surface area (Å²) in [4.78, 5) is 9.99. The largest absolute Gasteiger partial charge is 0.459 e. The minimum atomic E-state index is -5.33. The zero-order valence-corrected chi connectivity index (χ0v) is 23.7. The van der Waals surface area contributed by atoms with Crippen molar-refractivity contribution in [1.29, 1.82) is 0 Å². The Morgan fingerprint density at radius 3 is 2.66 bits per heavy atom.